The molecule has 2 rings (SSSR count). The van der Waals surface area contributed by atoms with Crippen LogP contribution in [-0.4, -0.2) is 13.1 Å². The van der Waals surface area contributed by atoms with Gasteiger partial charge in [-0.1, -0.05) is 31.0 Å². The molecule has 2 unspecified atom stereocenters. The molecular formula is C15H19ClO2. The zero-order valence-corrected chi connectivity index (χ0v) is 11.9. The summed E-state index contributed by atoms with van der Waals surface area (Å²) in [4.78, 5) is 11.6. The van der Waals surface area contributed by atoms with E-state index in [2.05, 4.69) is 13.0 Å². The molecule has 0 saturated heterocycles. The van der Waals surface area contributed by atoms with Gasteiger partial charge in [-0.15, -0.1) is 0 Å². The minimum absolute atomic E-state index is 0.234. The van der Waals surface area contributed by atoms with E-state index in [1.165, 1.54) is 24.7 Å². The molecule has 1 aromatic rings. The quantitative estimate of drug-likeness (QED) is 0.779. The zero-order chi connectivity index (χ0) is 13.3. The van der Waals surface area contributed by atoms with Crippen LogP contribution in [0.4, 0.5) is 0 Å². The Labute approximate surface area is 113 Å². The second-order valence-electron chi connectivity index (χ2n) is 5.07. The molecule has 0 heterocycles. The van der Waals surface area contributed by atoms with E-state index in [-0.39, 0.29) is 11.9 Å². The number of hydrogen-bond acceptors (Lipinski definition) is 2. The summed E-state index contributed by atoms with van der Waals surface area (Å²) in [7, 11) is 1.41. The highest BCUT2D eigenvalue weighted by molar-refractivity contribution is 6.31. The van der Waals surface area contributed by atoms with E-state index in [0.717, 1.165) is 24.3 Å². The molecule has 3 heteroatoms. The summed E-state index contributed by atoms with van der Waals surface area (Å²) in [6, 6.07) is 4.12. The Morgan fingerprint density at radius 1 is 1.44 bits per heavy atom. The second-order valence-corrected chi connectivity index (χ2v) is 5.48. The highest BCUT2D eigenvalue weighted by Gasteiger charge is 2.25. The summed E-state index contributed by atoms with van der Waals surface area (Å²) in [5.41, 5.74) is 3.57. The molecule has 1 aliphatic carbocycles. The second kappa shape index (κ2) is 5.31. The first-order valence-corrected chi connectivity index (χ1v) is 6.83. The van der Waals surface area contributed by atoms with E-state index in [1.54, 1.807) is 0 Å². The molecule has 0 amide bonds. The van der Waals surface area contributed by atoms with Crippen molar-refractivity contribution in [3.05, 3.63) is 33.8 Å². The minimum atomic E-state index is -0.298. The molecule has 98 valence electrons. The van der Waals surface area contributed by atoms with Crippen molar-refractivity contribution in [1.82, 2.24) is 0 Å². The molecule has 2 atom stereocenters. The van der Waals surface area contributed by atoms with Crippen LogP contribution in [-0.2, 0) is 22.4 Å². The molecule has 0 spiro atoms. The molecule has 0 fully saturated rings. The van der Waals surface area contributed by atoms with Crippen molar-refractivity contribution in [2.24, 2.45) is 5.92 Å². The molecular weight excluding hydrogens is 248 g/mol. The van der Waals surface area contributed by atoms with Crippen molar-refractivity contribution < 1.29 is 9.53 Å². The first kappa shape index (κ1) is 13.4. The highest BCUT2D eigenvalue weighted by atomic mass is 35.5. The van der Waals surface area contributed by atoms with Crippen LogP contribution in [0.2, 0.25) is 5.02 Å². The smallest absolute Gasteiger partial charge is 0.312 e. The van der Waals surface area contributed by atoms with Crippen molar-refractivity contribution in [3.63, 3.8) is 0 Å². The summed E-state index contributed by atoms with van der Waals surface area (Å²) in [5, 5.41) is 0.684. The van der Waals surface area contributed by atoms with E-state index in [1.807, 2.05) is 13.0 Å². The van der Waals surface area contributed by atoms with Gasteiger partial charge in [-0.2, -0.15) is 0 Å². The van der Waals surface area contributed by atoms with Crippen LogP contribution in [0, 0.1) is 5.92 Å². The predicted molar refractivity (Wildman–Crippen MR) is 73.1 cm³/mol. The Kier molecular flexibility index (Phi) is 3.96. The molecule has 0 saturated carbocycles. The fourth-order valence-electron chi connectivity index (χ4n) is 2.68. The van der Waals surface area contributed by atoms with Crippen molar-refractivity contribution in [2.45, 2.75) is 39.0 Å². The molecule has 18 heavy (non-hydrogen) atoms. The van der Waals surface area contributed by atoms with E-state index >= 15 is 0 Å². The standard InChI is InChI=1S/C15H19ClO2/c1-4-10-5-11-7-13(9(2)15(17)18-3)14(16)8-12(11)6-10/h7-10H,4-6H2,1-3H3. The first-order chi connectivity index (χ1) is 8.56. The Balaban J connectivity index is 2.33. The summed E-state index contributed by atoms with van der Waals surface area (Å²) in [6.07, 6.45) is 3.40. The Morgan fingerprint density at radius 2 is 2.06 bits per heavy atom. The van der Waals surface area contributed by atoms with Crippen LogP contribution < -0.4 is 0 Å². The molecule has 1 aliphatic rings. The van der Waals surface area contributed by atoms with E-state index in [9.17, 15) is 4.79 Å². The topological polar surface area (TPSA) is 26.3 Å². The third-order valence-electron chi connectivity index (χ3n) is 3.93. The third kappa shape index (κ3) is 2.39. The average molecular weight is 267 g/mol. The number of hydrogen-bond donors (Lipinski definition) is 0. The number of ether oxygens (including phenoxy) is 1. The molecule has 0 aliphatic heterocycles. The molecule has 0 radical (unpaired) electrons. The van der Waals surface area contributed by atoms with Crippen LogP contribution in [0.3, 0.4) is 0 Å². The fourth-order valence-corrected chi connectivity index (χ4v) is 3.03. The van der Waals surface area contributed by atoms with Gasteiger partial charge in [0.15, 0.2) is 0 Å². The number of carbonyl (C=O) groups excluding carboxylic acids is 1. The van der Waals surface area contributed by atoms with Gasteiger partial charge in [0.2, 0.25) is 0 Å². The molecule has 0 bridgehead atoms. The lowest BCUT2D eigenvalue weighted by atomic mass is 9.97. The fraction of sp³-hybridized carbons (Fsp3) is 0.533. The van der Waals surface area contributed by atoms with Crippen LogP contribution in [0.1, 0.15) is 42.9 Å². The normalized spacial score (nSPS) is 19.4. The zero-order valence-electron chi connectivity index (χ0n) is 11.1. The SMILES string of the molecule is CCC1Cc2cc(Cl)c(C(C)C(=O)OC)cc2C1. The maximum Gasteiger partial charge on any atom is 0.312 e. The number of halogens is 1. The largest absolute Gasteiger partial charge is 0.469 e. The van der Waals surface area contributed by atoms with Crippen LogP contribution >= 0.6 is 11.6 Å². The van der Waals surface area contributed by atoms with Crippen molar-refractivity contribution >= 4 is 17.6 Å². The Hall–Kier alpha value is -1.02. The maximum atomic E-state index is 11.6. The summed E-state index contributed by atoms with van der Waals surface area (Å²) in [6.45, 7) is 4.06. The van der Waals surface area contributed by atoms with Gasteiger partial charge in [0.05, 0.1) is 13.0 Å². The lowest BCUT2D eigenvalue weighted by molar-refractivity contribution is -0.141. The monoisotopic (exact) mass is 266 g/mol. The van der Waals surface area contributed by atoms with Gasteiger partial charge < -0.3 is 4.74 Å². The summed E-state index contributed by atoms with van der Waals surface area (Å²) in [5.74, 6) is 0.190. The predicted octanol–water partition coefficient (Wildman–Crippen LogP) is 3.74. The average Bonchev–Trinajstić information content (AvgIpc) is 2.77. The van der Waals surface area contributed by atoms with Crippen LogP contribution in [0.5, 0.6) is 0 Å². The Bertz CT molecular complexity index is 468. The van der Waals surface area contributed by atoms with E-state index < -0.39 is 0 Å². The number of fused-ring (bicyclic) bond motifs is 1. The van der Waals surface area contributed by atoms with Gasteiger partial charge in [0, 0.05) is 5.02 Å². The van der Waals surface area contributed by atoms with Crippen molar-refractivity contribution in [1.29, 1.82) is 0 Å². The minimum Gasteiger partial charge on any atom is -0.469 e. The number of benzene rings is 1. The number of rotatable bonds is 3. The summed E-state index contributed by atoms with van der Waals surface area (Å²) < 4.78 is 4.79. The first-order valence-electron chi connectivity index (χ1n) is 6.45. The van der Waals surface area contributed by atoms with Gasteiger partial charge in [-0.3, -0.25) is 4.79 Å². The van der Waals surface area contributed by atoms with Crippen LogP contribution in [0.25, 0.3) is 0 Å². The van der Waals surface area contributed by atoms with E-state index in [4.69, 9.17) is 16.3 Å². The molecule has 0 N–H and O–H groups in total. The summed E-state index contributed by atoms with van der Waals surface area (Å²) >= 11 is 6.29. The molecule has 0 aromatic heterocycles. The van der Waals surface area contributed by atoms with Gasteiger partial charge in [-0.25, -0.2) is 0 Å². The maximum absolute atomic E-state index is 11.6. The van der Waals surface area contributed by atoms with Gasteiger partial charge in [0.25, 0.3) is 0 Å². The Morgan fingerprint density at radius 3 is 2.61 bits per heavy atom. The van der Waals surface area contributed by atoms with Gasteiger partial charge in [0.1, 0.15) is 0 Å². The van der Waals surface area contributed by atoms with Gasteiger partial charge >= 0.3 is 5.97 Å². The highest BCUT2D eigenvalue weighted by Crippen LogP contribution is 2.35. The van der Waals surface area contributed by atoms with Crippen molar-refractivity contribution in [3.8, 4) is 0 Å². The van der Waals surface area contributed by atoms with Gasteiger partial charge in [-0.05, 0) is 48.4 Å². The van der Waals surface area contributed by atoms with Crippen molar-refractivity contribution in [2.75, 3.05) is 7.11 Å². The molecule has 2 nitrogen and oxygen atoms in total. The van der Waals surface area contributed by atoms with E-state index in [0.29, 0.717) is 5.02 Å². The molecule has 1 aromatic carbocycles. The number of esters is 1. The number of methoxy groups -OCH3 is 1. The third-order valence-corrected chi connectivity index (χ3v) is 4.26. The van der Waals surface area contributed by atoms with Crippen LogP contribution in [0.15, 0.2) is 12.1 Å². The lowest BCUT2D eigenvalue weighted by Gasteiger charge is -2.13. The lowest BCUT2D eigenvalue weighted by Crippen LogP contribution is -2.11. The number of carbonyl (C=O) groups is 1.